The summed E-state index contributed by atoms with van der Waals surface area (Å²) in [6.45, 7) is 1.04. The Labute approximate surface area is 162 Å². The van der Waals surface area contributed by atoms with E-state index in [9.17, 15) is 9.59 Å². The van der Waals surface area contributed by atoms with Gasteiger partial charge in [0, 0.05) is 25.5 Å². The average molecular weight is 383 g/mol. The van der Waals surface area contributed by atoms with E-state index in [2.05, 4.69) is 15.6 Å². The Bertz CT molecular complexity index is 908. The van der Waals surface area contributed by atoms with Gasteiger partial charge in [-0.15, -0.1) is 0 Å². The topological polar surface area (TPSA) is 76.0 Å². The van der Waals surface area contributed by atoms with E-state index in [4.69, 9.17) is 11.6 Å². The summed E-state index contributed by atoms with van der Waals surface area (Å²) in [6.07, 6.45) is 5.42. The number of hydrogen-bond donors (Lipinski definition) is 2. The first-order chi connectivity index (χ1) is 13.1. The molecule has 0 spiro atoms. The Hall–Kier alpha value is -3.12. The number of benzene rings is 2. The Morgan fingerprint density at radius 3 is 2.44 bits per heavy atom. The second-order valence-corrected chi connectivity index (χ2v) is 6.40. The molecule has 2 amide bonds. The van der Waals surface area contributed by atoms with Crippen molar-refractivity contribution in [2.75, 3.05) is 6.54 Å². The van der Waals surface area contributed by atoms with Gasteiger partial charge in [-0.3, -0.25) is 9.59 Å². The summed E-state index contributed by atoms with van der Waals surface area (Å²) in [5, 5.41) is 5.70. The minimum absolute atomic E-state index is 0.108. The molecule has 0 saturated heterocycles. The van der Waals surface area contributed by atoms with Crippen LogP contribution in [0.4, 0.5) is 0 Å². The van der Waals surface area contributed by atoms with Gasteiger partial charge in [0.1, 0.15) is 0 Å². The number of rotatable bonds is 7. The molecule has 0 radical (unpaired) electrons. The average Bonchev–Trinajstić information content (AvgIpc) is 3.19. The quantitative estimate of drug-likeness (QED) is 0.659. The molecule has 6 nitrogen and oxygen atoms in total. The van der Waals surface area contributed by atoms with Gasteiger partial charge < -0.3 is 15.2 Å². The highest BCUT2D eigenvalue weighted by atomic mass is 35.5. The van der Waals surface area contributed by atoms with E-state index in [0.29, 0.717) is 17.1 Å². The maximum atomic E-state index is 12.0. The van der Waals surface area contributed by atoms with Crippen LogP contribution < -0.4 is 10.6 Å². The van der Waals surface area contributed by atoms with Gasteiger partial charge in [-0.1, -0.05) is 48.0 Å². The van der Waals surface area contributed by atoms with Crippen LogP contribution in [0.15, 0.2) is 67.3 Å². The number of halogens is 1. The van der Waals surface area contributed by atoms with Crippen molar-refractivity contribution in [2.45, 2.75) is 13.1 Å². The molecule has 1 aromatic heterocycles. The fourth-order valence-electron chi connectivity index (χ4n) is 2.52. The van der Waals surface area contributed by atoms with E-state index in [-0.39, 0.29) is 18.4 Å². The Balaban J connectivity index is 1.43. The van der Waals surface area contributed by atoms with E-state index in [1.165, 1.54) is 0 Å². The van der Waals surface area contributed by atoms with Crippen LogP contribution in [0.5, 0.6) is 0 Å². The van der Waals surface area contributed by atoms with Crippen LogP contribution in [-0.4, -0.2) is 27.9 Å². The minimum Gasteiger partial charge on any atom is -0.350 e. The standard InChI is InChI=1S/C20H19ClN4O2/c21-18-4-2-1-3-17(18)20(27)24-12-19(26)23-11-15-5-7-16(8-6-15)13-25-10-9-22-14-25/h1-10,14H,11-13H2,(H,23,26)(H,24,27). The van der Waals surface area contributed by atoms with Crippen molar-refractivity contribution in [2.24, 2.45) is 0 Å². The monoisotopic (exact) mass is 382 g/mol. The Kier molecular flexibility index (Phi) is 6.22. The number of aromatic nitrogens is 2. The molecule has 3 rings (SSSR count). The lowest BCUT2D eigenvalue weighted by Gasteiger charge is -2.09. The lowest BCUT2D eigenvalue weighted by Crippen LogP contribution is -2.36. The highest BCUT2D eigenvalue weighted by Gasteiger charge is 2.10. The summed E-state index contributed by atoms with van der Waals surface area (Å²) in [6, 6.07) is 14.7. The van der Waals surface area contributed by atoms with Crippen LogP contribution in [0.3, 0.4) is 0 Å². The van der Waals surface area contributed by atoms with Gasteiger partial charge in [0.05, 0.1) is 23.5 Å². The van der Waals surface area contributed by atoms with E-state index in [1.54, 1.807) is 36.8 Å². The van der Waals surface area contributed by atoms with Crippen molar-refractivity contribution in [3.63, 3.8) is 0 Å². The molecular weight excluding hydrogens is 364 g/mol. The molecule has 2 aromatic carbocycles. The Morgan fingerprint density at radius 1 is 1.00 bits per heavy atom. The van der Waals surface area contributed by atoms with E-state index < -0.39 is 0 Å². The summed E-state index contributed by atoms with van der Waals surface area (Å²) >= 11 is 5.97. The van der Waals surface area contributed by atoms with Crippen LogP contribution in [0.25, 0.3) is 0 Å². The SMILES string of the molecule is O=C(CNC(=O)c1ccccc1Cl)NCc1ccc(Cn2ccnc2)cc1. The van der Waals surface area contributed by atoms with E-state index in [1.807, 2.05) is 35.0 Å². The summed E-state index contributed by atoms with van der Waals surface area (Å²) < 4.78 is 1.98. The third kappa shape index (κ3) is 5.43. The first kappa shape index (κ1) is 18.7. The number of imidazole rings is 1. The summed E-state index contributed by atoms with van der Waals surface area (Å²) in [5.41, 5.74) is 2.48. The second kappa shape index (κ2) is 9.00. The first-order valence-corrected chi connectivity index (χ1v) is 8.82. The normalized spacial score (nSPS) is 10.4. The number of hydrogen-bond acceptors (Lipinski definition) is 3. The first-order valence-electron chi connectivity index (χ1n) is 8.45. The molecule has 0 bridgehead atoms. The summed E-state index contributed by atoms with van der Waals surface area (Å²) in [5.74, 6) is -0.641. The molecule has 0 aliphatic carbocycles. The third-order valence-corrected chi connectivity index (χ3v) is 4.29. The van der Waals surface area contributed by atoms with Crippen LogP contribution in [0, 0.1) is 0 Å². The fourth-order valence-corrected chi connectivity index (χ4v) is 2.74. The van der Waals surface area contributed by atoms with Crippen molar-refractivity contribution >= 4 is 23.4 Å². The summed E-state index contributed by atoms with van der Waals surface area (Å²) in [4.78, 5) is 28.0. The zero-order chi connectivity index (χ0) is 19.1. The smallest absolute Gasteiger partial charge is 0.253 e. The van der Waals surface area contributed by atoms with Crippen molar-refractivity contribution in [3.8, 4) is 0 Å². The number of carbonyl (C=O) groups is 2. The van der Waals surface area contributed by atoms with Gasteiger partial charge in [-0.25, -0.2) is 4.98 Å². The highest BCUT2D eigenvalue weighted by Crippen LogP contribution is 2.14. The van der Waals surface area contributed by atoms with E-state index in [0.717, 1.165) is 17.7 Å². The lowest BCUT2D eigenvalue weighted by atomic mass is 10.1. The molecule has 1 heterocycles. The Morgan fingerprint density at radius 2 is 1.74 bits per heavy atom. The number of carbonyl (C=O) groups excluding carboxylic acids is 2. The second-order valence-electron chi connectivity index (χ2n) is 5.99. The largest absolute Gasteiger partial charge is 0.350 e. The zero-order valence-electron chi connectivity index (χ0n) is 14.6. The minimum atomic E-state index is -0.375. The van der Waals surface area contributed by atoms with Crippen molar-refractivity contribution < 1.29 is 9.59 Å². The van der Waals surface area contributed by atoms with Gasteiger partial charge in [0.2, 0.25) is 5.91 Å². The molecular formula is C20H19ClN4O2. The molecule has 138 valence electrons. The van der Waals surface area contributed by atoms with Crippen molar-refractivity contribution in [3.05, 3.63) is 89.0 Å². The van der Waals surface area contributed by atoms with Gasteiger partial charge in [0.15, 0.2) is 0 Å². The van der Waals surface area contributed by atoms with Crippen LogP contribution >= 0.6 is 11.6 Å². The maximum absolute atomic E-state index is 12.0. The molecule has 0 unspecified atom stereocenters. The number of amides is 2. The predicted octanol–water partition coefficient (Wildman–Crippen LogP) is 2.63. The number of nitrogens with zero attached hydrogens (tertiary/aromatic N) is 2. The predicted molar refractivity (Wildman–Crippen MR) is 103 cm³/mol. The maximum Gasteiger partial charge on any atom is 0.253 e. The van der Waals surface area contributed by atoms with Gasteiger partial charge in [-0.2, -0.15) is 0 Å². The molecule has 7 heteroatoms. The number of nitrogens with one attached hydrogen (secondary N) is 2. The molecule has 0 fully saturated rings. The van der Waals surface area contributed by atoms with Crippen LogP contribution in [-0.2, 0) is 17.9 Å². The van der Waals surface area contributed by atoms with Crippen LogP contribution in [0.1, 0.15) is 21.5 Å². The molecule has 0 aliphatic rings. The molecule has 3 aromatic rings. The molecule has 27 heavy (non-hydrogen) atoms. The molecule has 0 saturated carbocycles. The third-order valence-electron chi connectivity index (χ3n) is 3.96. The summed E-state index contributed by atoms with van der Waals surface area (Å²) in [7, 11) is 0. The van der Waals surface area contributed by atoms with Crippen molar-refractivity contribution in [1.29, 1.82) is 0 Å². The van der Waals surface area contributed by atoms with Crippen molar-refractivity contribution in [1.82, 2.24) is 20.2 Å². The van der Waals surface area contributed by atoms with Gasteiger partial charge >= 0.3 is 0 Å². The fraction of sp³-hybridized carbons (Fsp3) is 0.150. The van der Waals surface area contributed by atoms with Gasteiger partial charge in [-0.05, 0) is 23.3 Å². The molecule has 2 N–H and O–H groups in total. The zero-order valence-corrected chi connectivity index (χ0v) is 15.3. The van der Waals surface area contributed by atoms with E-state index >= 15 is 0 Å². The highest BCUT2D eigenvalue weighted by molar-refractivity contribution is 6.33. The lowest BCUT2D eigenvalue weighted by molar-refractivity contribution is -0.120. The van der Waals surface area contributed by atoms with Gasteiger partial charge in [0.25, 0.3) is 5.91 Å². The molecule has 0 aliphatic heterocycles. The molecule has 0 atom stereocenters. The van der Waals surface area contributed by atoms with Crippen LogP contribution in [0.2, 0.25) is 5.02 Å².